The third-order valence-corrected chi connectivity index (χ3v) is 1.96. The maximum absolute atomic E-state index is 12.8. The molecule has 0 radical (unpaired) electrons. The first kappa shape index (κ1) is 10.6. The van der Waals surface area contributed by atoms with Gasteiger partial charge in [0.1, 0.15) is 5.82 Å². The predicted molar refractivity (Wildman–Crippen MR) is 48.0 cm³/mol. The normalized spacial score (nSPS) is 9.93. The lowest BCUT2D eigenvalue weighted by Crippen LogP contribution is -2.00. The maximum atomic E-state index is 12.8. The highest BCUT2D eigenvalue weighted by atomic mass is 35.5. The third kappa shape index (κ3) is 1.88. The molecule has 0 unspecified atom stereocenters. The van der Waals surface area contributed by atoms with Gasteiger partial charge in [0, 0.05) is 11.1 Å². The molecule has 0 aliphatic heterocycles. The fourth-order valence-corrected chi connectivity index (χ4v) is 1.25. The summed E-state index contributed by atoms with van der Waals surface area (Å²) in [5, 5.41) is 9.52. The molecule has 0 aliphatic carbocycles. The maximum Gasteiger partial charge on any atom is 0.276 e. The number of carbonyl (C=O) groups excluding carboxylic acids is 1. The summed E-state index contributed by atoms with van der Waals surface area (Å²) in [5.41, 5.74) is -0.566. The molecule has 0 amide bonds. The zero-order valence-electron chi connectivity index (χ0n) is 7.08. The van der Waals surface area contributed by atoms with Crippen LogP contribution in [0.1, 0.15) is 15.9 Å². The number of nitro benzene ring substituents is 1. The molecule has 0 N–H and O–H groups in total. The molecule has 4 nitrogen and oxygen atoms in total. The van der Waals surface area contributed by atoms with Crippen molar-refractivity contribution in [3.63, 3.8) is 0 Å². The number of carbonyl (C=O) groups is 1. The van der Waals surface area contributed by atoms with Gasteiger partial charge in [0.15, 0.2) is 0 Å². The number of nitrogens with zero attached hydrogens (tertiary/aromatic N) is 1. The summed E-state index contributed by atoms with van der Waals surface area (Å²) < 4.78 is 12.8. The van der Waals surface area contributed by atoms with Crippen molar-refractivity contribution in [3.8, 4) is 0 Å². The fourth-order valence-electron chi connectivity index (χ4n) is 1.06. The van der Waals surface area contributed by atoms with Crippen LogP contribution in [-0.4, -0.2) is 10.2 Å². The van der Waals surface area contributed by atoms with Gasteiger partial charge in [0.25, 0.3) is 10.9 Å². The second kappa shape index (κ2) is 3.71. The van der Waals surface area contributed by atoms with Crippen LogP contribution in [0.3, 0.4) is 0 Å². The Morgan fingerprint density at radius 2 is 2.14 bits per heavy atom. The smallest absolute Gasteiger partial charge is 0.276 e. The minimum atomic E-state index is -0.912. The predicted octanol–water partition coefficient (Wildman–Crippen LogP) is 2.42. The molecule has 0 spiro atoms. The third-order valence-electron chi connectivity index (χ3n) is 1.75. The molecule has 0 bridgehead atoms. The summed E-state index contributed by atoms with van der Waals surface area (Å²) in [6.07, 6.45) is 0. The Hall–Kier alpha value is -1.49. The van der Waals surface area contributed by atoms with E-state index in [9.17, 15) is 19.3 Å². The van der Waals surface area contributed by atoms with Crippen molar-refractivity contribution in [2.75, 3.05) is 0 Å². The molecule has 74 valence electrons. The molecule has 1 rings (SSSR count). The van der Waals surface area contributed by atoms with Gasteiger partial charge in [-0.25, -0.2) is 4.39 Å². The Morgan fingerprint density at radius 1 is 1.57 bits per heavy atom. The van der Waals surface area contributed by atoms with Crippen molar-refractivity contribution in [2.45, 2.75) is 6.92 Å². The Morgan fingerprint density at radius 3 is 2.57 bits per heavy atom. The fraction of sp³-hybridized carbons (Fsp3) is 0.125. The topological polar surface area (TPSA) is 60.2 Å². The quantitative estimate of drug-likeness (QED) is 0.434. The van der Waals surface area contributed by atoms with E-state index in [2.05, 4.69) is 0 Å². The number of hydrogen-bond acceptors (Lipinski definition) is 3. The average Bonchev–Trinajstić information content (AvgIpc) is 2.07. The van der Waals surface area contributed by atoms with Crippen molar-refractivity contribution in [1.82, 2.24) is 0 Å². The van der Waals surface area contributed by atoms with E-state index in [1.165, 1.54) is 6.92 Å². The molecule has 0 aromatic heterocycles. The van der Waals surface area contributed by atoms with Crippen LogP contribution in [0.15, 0.2) is 12.1 Å². The van der Waals surface area contributed by atoms with Crippen molar-refractivity contribution in [2.24, 2.45) is 0 Å². The summed E-state index contributed by atoms with van der Waals surface area (Å²) in [6.45, 7) is 1.34. The van der Waals surface area contributed by atoms with Crippen LogP contribution in [0.2, 0.25) is 0 Å². The van der Waals surface area contributed by atoms with Crippen LogP contribution in [-0.2, 0) is 0 Å². The molecule has 0 saturated heterocycles. The van der Waals surface area contributed by atoms with Gasteiger partial charge in [-0.1, -0.05) is 0 Å². The average molecular weight is 218 g/mol. The van der Waals surface area contributed by atoms with E-state index < -0.39 is 21.7 Å². The number of benzene rings is 1. The van der Waals surface area contributed by atoms with Crippen LogP contribution >= 0.6 is 11.6 Å². The van der Waals surface area contributed by atoms with Gasteiger partial charge in [-0.3, -0.25) is 14.9 Å². The number of nitro groups is 1. The highest BCUT2D eigenvalue weighted by Gasteiger charge is 2.19. The lowest BCUT2D eigenvalue weighted by molar-refractivity contribution is -0.385. The van der Waals surface area contributed by atoms with Gasteiger partial charge in [-0.15, -0.1) is 0 Å². The van der Waals surface area contributed by atoms with Crippen LogP contribution in [0.4, 0.5) is 10.1 Å². The molecule has 0 saturated carbocycles. The zero-order chi connectivity index (χ0) is 10.9. The van der Waals surface area contributed by atoms with Gasteiger partial charge >= 0.3 is 0 Å². The molecule has 1 aromatic rings. The SMILES string of the molecule is Cc1c(C(=O)Cl)cc(F)cc1[N+](=O)[O-]. The largest absolute Gasteiger partial charge is 0.276 e. The van der Waals surface area contributed by atoms with Gasteiger partial charge < -0.3 is 0 Å². The molecule has 0 aliphatic rings. The summed E-state index contributed by atoms with van der Waals surface area (Å²) in [5.74, 6) is -0.855. The summed E-state index contributed by atoms with van der Waals surface area (Å²) in [4.78, 5) is 20.4. The van der Waals surface area contributed by atoms with Crippen molar-refractivity contribution in [1.29, 1.82) is 0 Å². The number of hydrogen-bond donors (Lipinski definition) is 0. The molecule has 1 aromatic carbocycles. The van der Waals surface area contributed by atoms with Crippen LogP contribution in [0.5, 0.6) is 0 Å². The number of halogens is 2. The Bertz CT molecular complexity index is 384. The van der Waals surface area contributed by atoms with Crippen LogP contribution in [0, 0.1) is 22.9 Å². The van der Waals surface area contributed by atoms with E-state index in [4.69, 9.17) is 11.6 Å². The van der Waals surface area contributed by atoms with E-state index in [0.717, 1.165) is 12.1 Å². The van der Waals surface area contributed by atoms with Crippen LogP contribution < -0.4 is 0 Å². The van der Waals surface area contributed by atoms with E-state index in [1.807, 2.05) is 0 Å². The Labute approximate surface area is 83.4 Å². The van der Waals surface area contributed by atoms with E-state index >= 15 is 0 Å². The van der Waals surface area contributed by atoms with Crippen molar-refractivity contribution in [3.05, 3.63) is 39.2 Å². The molecular weight excluding hydrogens is 213 g/mol. The minimum Gasteiger partial charge on any atom is -0.276 e. The molecule has 6 heteroatoms. The van der Waals surface area contributed by atoms with Gasteiger partial charge in [-0.05, 0) is 24.6 Å². The van der Waals surface area contributed by atoms with Crippen LogP contribution in [0.25, 0.3) is 0 Å². The van der Waals surface area contributed by atoms with E-state index in [-0.39, 0.29) is 11.1 Å². The minimum absolute atomic E-state index is 0.0661. The lowest BCUT2D eigenvalue weighted by atomic mass is 10.1. The Kier molecular flexibility index (Phi) is 2.81. The van der Waals surface area contributed by atoms with E-state index in [0.29, 0.717) is 0 Å². The lowest BCUT2D eigenvalue weighted by Gasteiger charge is -2.01. The Balaban J connectivity index is 3.47. The summed E-state index contributed by atoms with van der Waals surface area (Å²) in [6, 6.07) is 1.62. The van der Waals surface area contributed by atoms with Crippen molar-refractivity contribution >= 4 is 22.5 Å². The first-order chi connectivity index (χ1) is 6.43. The van der Waals surface area contributed by atoms with E-state index in [1.54, 1.807) is 0 Å². The molecule has 0 atom stereocenters. The van der Waals surface area contributed by atoms with Crippen molar-refractivity contribution < 1.29 is 14.1 Å². The van der Waals surface area contributed by atoms with Gasteiger partial charge in [0.2, 0.25) is 0 Å². The highest BCUT2D eigenvalue weighted by molar-refractivity contribution is 6.68. The summed E-state index contributed by atoms with van der Waals surface area (Å²) in [7, 11) is 0. The standard InChI is InChI=1S/C8H5ClFNO3/c1-4-6(8(9)12)2-5(10)3-7(4)11(13)14/h2-3H,1H3. The molecule has 0 heterocycles. The molecule has 14 heavy (non-hydrogen) atoms. The summed E-state index contributed by atoms with van der Waals surface area (Å²) >= 11 is 5.13. The highest BCUT2D eigenvalue weighted by Crippen LogP contribution is 2.24. The second-order valence-electron chi connectivity index (χ2n) is 2.63. The first-order valence-electron chi connectivity index (χ1n) is 3.58. The van der Waals surface area contributed by atoms with Gasteiger partial charge in [0.05, 0.1) is 11.0 Å². The monoisotopic (exact) mass is 217 g/mol. The zero-order valence-corrected chi connectivity index (χ0v) is 7.84. The molecule has 0 fully saturated rings. The second-order valence-corrected chi connectivity index (χ2v) is 2.97. The van der Waals surface area contributed by atoms with Gasteiger partial charge in [-0.2, -0.15) is 0 Å². The first-order valence-corrected chi connectivity index (χ1v) is 3.95. The molecular formula is C8H5ClFNO3. The number of rotatable bonds is 2.